The zero-order chi connectivity index (χ0) is 12.5. The third-order valence-corrected chi connectivity index (χ3v) is 3.75. The van der Waals surface area contributed by atoms with Crippen LogP contribution in [0.2, 0.25) is 0 Å². The van der Waals surface area contributed by atoms with E-state index in [0.717, 1.165) is 28.1 Å². The Morgan fingerprint density at radius 2 is 2.05 bits per heavy atom. The zero-order valence-electron chi connectivity index (χ0n) is 10.8. The molecule has 0 aliphatic heterocycles. The van der Waals surface area contributed by atoms with Crippen LogP contribution in [0.4, 0.5) is 0 Å². The summed E-state index contributed by atoms with van der Waals surface area (Å²) in [5, 5.41) is 3.46. The summed E-state index contributed by atoms with van der Waals surface area (Å²) in [6.45, 7) is 2.94. The molecule has 3 rings (SSSR count). The van der Waals surface area contributed by atoms with Crippen molar-refractivity contribution in [3.8, 4) is 11.3 Å². The Bertz CT molecular complexity index is 563. The summed E-state index contributed by atoms with van der Waals surface area (Å²) < 4.78 is 6.99. The monoisotopic (exact) mass is 341 g/mol. The molecule has 0 atom stereocenters. The lowest BCUT2D eigenvalue weighted by Gasteiger charge is -2.03. The van der Waals surface area contributed by atoms with Crippen LogP contribution in [0.5, 0.6) is 0 Å². The highest BCUT2D eigenvalue weighted by Gasteiger charge is 2.20. The molecule has 102 valence electrons. The first-order chi connectivity index (χ1) is 8.72. The lowest BCUT2D eigenvalue weighted by molar-refractivity contribution is 0.492. The SMILES string of the molecule is Cc1cc(Br)ccc1-c1ccc(CNC2CC2)o1.Cl. The van der Waals surface area contributed by atoms with Gasteiger partial charge in [-0.2, -0.15) is 0 Å². The molecule has 1 heterocycles. The summed E-state index contributed by atoms with van der Waals surface area (Å²) in [6.07, 6.45) is 2.61. The standard InChI is InChI=1S/C15H16BrNO.ClH/c1-10-8-11(16)2-6-14(10)15-7-5-13(18-15)9-17-12-3-4-12;/h2,5-8,12,17H,3-4,9H2,1H3;1H. The maximum Gasteiger partial charge on any atom is 0.134 e. The average molecular weight is 343 g/mol. The van der Waals surface area contributed by atoms with Crippen molar-refractivity contribution in [3.05, 3.63) is 46.1 Å². The van der Waals surface area contributed by atoms with Gasteiger partial charge < -0.3 is 9.73 Å². The number of hydrogen-bond donors (Lipinski definition) is 1. The molecule has 1 saturated carbocycles. The zero-order valence-corrected chi connectivity index (χ0v) is 13.2. The molecule has 4 heteroatoms. The third-order valence-electron chi connectivity index (χ3n) is 3.26. The Morgan fingerprint density at radius 3 is 2.74 bits per heavy atom. The molecule has 1 aliphatic rings. The van der Waals surface area contributed by atoms with Crippen LogP contribution >= 0.6 is 28.3 Å². The van der Waals surface area contributed by atoms with E-state index in [9.17, 15) is 0 Å². The van der Waals surface area contributed by atoms with Gasteiger partial charge in [0.1, 0.15) is 11.5 Å². The molecule has 0 bridgehead atoms. The van der Waals surface area contributed by atoms with Crippen molar-refractivity contribution in [2.24, 2.45) is 0 Å². The van der Waals surface area contributed by atoms with Crippen LogP contribution in [0, 0.1) is 6.92 Å². The van der Waals surface area contributed by atoms with E-state index in [1.54, 1.807) is 0 Å². The van der Waals surface area contributed by atoms with Crippen molar-refractivity contribution >= 4 is 28.3 Å². The maximum atomic E-state index is 5.89. The first-order valence-electron chi connectivity index (χ1n) is 6.31. The van der Waals surface area contributed by atoms with E-state index in [1.165, 1.54) is 18.4 Å². The Kier molecular flexibility index (Phi) is 4.71. The first kappa shape index (κ1) is 14.6. The highest BCUT2D eigenvalue weighted by Crippen LogP contribution is 2.28. The van der Waals surface area contributed by atoms with E-state index in [-0.39, 0.29) is 12.4 Å². The van der Waals surface area contributed by atoms with Gasteiger partial charge in [-0.05, 0) is 55.7 Å². The van der Waals surface area contributed by atoms with Gasteiger partial charge >= 0.3 is 0 Å². The van der Waals surface area contributed by atoms with Gasteiger partial charge in [-0.25, -0.2) is 0 Å². The van der Waals surface area contributed by atoms with Crippen molar-refractivity contribution in [1.29, 1.82) is 0 Å². The fourth-order valence-electron chi connectivity index (χ4n) is 2.05. The summed E-state index contributed by atoms with van der Waals surface area (Å²) in [7, 11) is 0. The second-order valence-electron chi connectivity index (χ2n) is 4.88. The Hall–Kier alpha value is -0.770. The van der Waals surface area contributed by atoms with Gasteiger partial charge in [0.05, 0.1) is 6.54 Å². The number of benzene rings is 1. The molecule has 0 radical (unpaired) electrons. The molecule has 1 aromatic heterocycles. The summed E-state index contributed by atoms with van der Waals surface area (Å²) >= 11 is 3.48. The fourth-order valence-corrected chi connectivity index (χ4v) is 2.53. The van der Waals surface area contributed by atoms with Gasteiger partial charge in [-0.1, -0.05) is 15.9 Å². The third kappa shape index (κ3) is 3.62. The van der Waals surface area contributed by atoms with Gasteiger partial charge in [0.25, 0.3) is 0 Å². The summed E-state index contributed by atoms with van der Waals surface area (Å²) in [5.41, 5.74) is 2.39. The maximum absolute atomic E-state index is 5.89. The molecule has 2 aromatic rings. The average Bonchev–Trinajstić information content (AvgIpc) is 3.05. The van der Waals surface area contributed by atoms with Crippen molar-refractivity contribution in [1.82, 2.24) is 5.32 Å². The van der Waals surface area contributed by atoms with E-state index < -0.39 is 0 Å². The van der Waals surface area contributed by atoms with Crippen LogP contribution < -0.4 is 5.32 Å². The minimum atomic E-state index is 0. The molecule has 2 nitrogen and oxygen atoms in total. The van der Waals surface area contributed by atoms with Crippen LogP contribution in [0.25, 0.3) is 11.3 Å². The first-order valence-corrected chi connectivity index (χ1v) is 7.10. The molecule has 1 aliphatic carbocycles. The smallest absolute Gasteiger partial charge is 0.134 e. The molecular weight excluding hydrogens is 326 g/mol. The van der Waals surface area contributed by atoms with Gasteiger partial charge in [-0.3, -0.25) is 0 Å². The number of rotatable bonds is 4. The number of hydrogen-bond acceptors (Lipinski definition) is 2. The number of furan rings is 1. The second kappa shape index (κ2) is 6.12. The summed E-state index contributed by atoms with van der Waals surface area (Å²) in [4.78, 5) is 0. The van der Waals surface area contributed by atoms with E-state index in [2.05, 4.69) is 52.4 Å². The van der Waals surface area contributed by atoms with Crippen LogP contribution in [0.15, 0.2) is 39.2 Å². The van der Waals surface area contributed by atoms with Gasteiger partial charge in [0.2, 0.25) is 0 Å². The molecular formula is C15H17BrClNO. The molecule has 1 aromatic carbocycles. The Balaban J connectivity index is 0.00000133. The quantitative estimate of drug-likeness (QED) is 0.872. The molecule has 1 fully saturated rings. The largest absolute Gasteiger partial charge is 0.460 e. The van der Waals surface area contributed by atoms with Crippen LogP contribution in [0.3, 0.4) is 0 Å². The van der Waals surface area contributed by atoms with Crippen molar-refractivity contribution in [2.45, 2.75) is 32.4 Å². The lowest BCUT2D eigenvalue weighted by atomic mass is 10.1. The number of aryl methyl sites for hydroxylation is 1. The molecule has 0 spiro atoms. The number of nitrogens with one attached hydrogen (secondary N) is 1. The van der Waals surface area contributed by atoms with Gasteiger partial charge in [0.15, 0.2) is 0 Å². The van der Waals surface area contributed by atoms with Crippen molar-refractivity contribution in [2.75, 3.05) is 0 Å². The van der Waals surface area contributed by atoms with E-state index in [0.29, 0.717) is 6.04 Å². The van der Waals surface area contributed by atoms with Gasteiger partial charge in [-0.15, -0.1) is 12.4 Å². The van der Waals surface area contributed by atoms with Crippen LogP contribution in [0.1, 0.15) is 24.2 Å². The van der Waals surface area contributed by atoms with E-state index >= 15 is 0 Å². The normalized spacial score (nSPS) is 14.2. The molecule has 0 saturated heterocycles. The lowest BCUT2D eigenvalue weighted by Crippen LogP contribution is -2.14. The highest BCUT2D eigenvalue weighted by atomic mass is 79.9. The van der Waals surface area contributed by atoms with Crippen LogP contribution in [-0.2, 0) is 6.54 Å². The van der Waals surface area contributed by atoms with Crippen molar-refractivity contribution < 1.29 is 4.42 Å². The minimum absolute atomic E-state index is 0. The van der Waals surface area contributed by atoms with E-state index in [4.69, 9.17) is 4.42 Å². The molecule has 0 unspecified atom stereocenters. The second-order valence-corrected chi connectivity index (χ2v) is 5.80. The molecule has 0 amide bonds. The van der Waals surface area contributed by atoms with Crippen LogP contribution in [-0.4, -0.2) is 6.04 Å². The predicted octanol–water partition coefficient (Wildman–Crippen LogP) is 4.69. The Labute approximate surface area is 128 Å². The topological polar surface area (TPSA) is 25.2 Å². The van der Waals surface area contributed by atoms with E-state index in [1.807, 2.05) is 6.07 Å². The molecule has 19 heavy (non-hydrogen) atoms. The molecule has 1 N–H and O–H groups in total. The minimum Gasteiger partial charge on any atom is -0.460 e. The summed E-state index contributed by atoms with van der Waals surface area (Å²) in [6, 6.07) is 11.1. The van der Waals surface area contributed by atoms with Crippen molar-refractivity contribution in [3.63, 3.8) is 0 Å². The Morgan fingerprint density at radius 1 is 1.26 bits per heavy atom. The number of halogens is 2. The van der Waals surface area contributed by atoms with Gasteiger partial charge in [0, 0.05) is 16.1 Å². The summed E-state index contributed by atoms with van der Waals surface area (Å²) in [5.74, 6) is 1.96. The predicted molar refractivity (Wildman–Crippen MR) is 83.7 cm³/mol. The highest BCUT2D eigenvalue weighted by molar-refractivity contribution is 9.10. The fraction of sp³-hybridized carbons (Fsp3) is 0.333.